The number of unbranched alkanes of at least 4 members (excludes halogenated alkanes) is 1. The molecule has 0 spiro atoms. The van der Waals surface area contributed by atoms with Gasteiger partial charge in [0.2, 0.25) is 0 Å². The first-order valence-corrected chi connectivity index (χ1v) is 11.3. The lowest BCUT2D eigenvalue weighted by atomic mass is 9.85. The van der Waals surface area contributed by atoms with Crippen molar-refractivity contribution in [3.05, 3.63) is 52.8 Å². The number of hydrogen-bond acceptors (Lipinski definition) is 4. The van der Waals surface area contributed by atoms with E-state index in [4.69, 9.17) is 9.47 Å². The Hall–Kier alpha value is -2.86. The van der Waals surface area contributed by atoms with Crippen LogP contribution in [-0.4, -0.2) is 40.7 Å². The number of aromatic nitrogens is 2. The summed E-state index contributed by atoms with van der Waals surface area (Å²) in [6.45, 7) is 6.76. The summed E-state index contributed by atoms with van der Waals surface area (Å²) in [5.41, 5.74) is 8.09. The zero-order chi connectivity index (χ0) is 21.4. The zero-order valence-electron chi connectivity index (χ0n) is 18.2. The van der Waals surface area contributed by atoms with Crippen LogP contribution >= 0.6 is 0 Å². The molecule has 5 rings (SSSR count). The Morgan fingerprint density at radius 3 is 3.03 bits per heavy atom. The number of hydrogen-bond donors (Lipinski definition) is 1. The van der Waals surface area contributed by atoms with Crippen LogP contribution in [-0.2, 0) is 22.5 Å². The molecule has 6 heteroatoms. The van der Waals surface area contributed by atoms with Gasteiger partial charge in [-0.3, -0.25) is 0 Å². The van der Waals surface area contributed by atoms with Crippen LogP contribution in [0.25, 0.3) is 22.2 Å². The number of ether oxygens (including phenoxy) is 2. The summed E-state index contributed by atoms with van der Waals surface area (Å²) in [7, 11) is 0. The molecule has 2 aliphatic heterocycles. The van der Waals surface area contributed by atoms with Gasteiger partial charge in [0.05, 0.1) is 25.9 Å². The number of benzene rings is 1. The van der Waals surface area contributed by atoms with E-state index in [0.717, 1.165) is 61.0 Å². The monoisotopic (exact) mass is 419 g/mol. The van der Waals surface area contributed by atoms with E-state index in [1.54, 1.807) is 0 Å². The van der Waals surface area contributed by atoms with Gasteiger partial charge in [0.15, 0.2) is 0 Å². The molecule has 1 amide bonds. The first-order valence-electron chi connectivity index (χ1n) is 11.3. The van der Waals surface area contributed by atoms with Crippen molar-refractivity contribution in [3.8, 4) is 11.1 Å². The van der Waals surface area contributed by atoms with Crippen LogP contribution in [0.15, 0.2) is 30.6 Å². The molecule has 0 radical (unpaired) electrons. The predicted octanol–water partition coefficient (Wildman–Crippen LogP) is 5.29. The largest absolute Gasteiger partial charge is 0.449 e. The number of likely N-dealkylation sites (tertiary alicyclic amines) is 1. The molecule has 1 unspecified atom stereocenters. The molecule has 162 valence electrons. The molecule has 2 aromatic heterocycles. The van der Waals surface area contributed by atoms with E-state index >= 15 is 0 Å². The van der Waals surface area contributed by atoms with Gasteiger partial charge in [0, 0.05) is 29.9 Å². The Bertz CT molecular complexity index is 1120. The fourth-order valence-corrected chi connectivity index (χ4v) is 4.58. The molecule has 2 aliphatic rings. The molecule has 1 aromatic carbocycles. The number of nitrogens with zero attached hydrogens (tertiary/aromatic N) is 2. The average molecular weight is 420 g/mol. The summed E-state index contributed by atoms with van der Waals surface area (Å²) in [4.78, 5) is 22.3. The molecular formula is C25H29N3O3. The number of amides is 1. The molecule has 31 heavy (non-hydrogen) atoms. The number of pyridine rings is 1. The fraction of sp³-hybridized carbons (Fsp3) is 0.440. The third-order valence-corrected chi connectivity index (χ3v) is 6.55. The van der Waals surface area contributed by atoms with E-state index in [-0.39, 0.29) is 12.1 Å². The van der Waals surface area contributed by atoms with E-state index < -0.39 is 0 Å². The van der Waals surface area contributed by atoms with E-state index in [1.165, 1.54) is 22.3 Å². The molecule has 1 saturated heterocycles. The molecule has 1 N–H and O–H groups in total. The quantitative estimate of drug-likeness (QED) is 0.570. The van der Waals surface area contributed by atoms with Crippen molar-refractivity contribution in [3.63, 3.8) is 0 Å². The highest BCUT2D eigenvalue weighted by Gasteiger charge is 2.37. The van der Waals surface area contributed by atoms with Crippen LogP contribution in [0.4, 0.5) is 4.79 Å². The van der Waals surface area contributed by atoms with Crippen LogP contribution in [0.2, 0.25) is 0 Å². The SMILES string of the molecule is CCCCOC(=O)N1CCC1c1cc(-c2cnc3[nH]cc(C)c3c2)cc2c1COCC2. The molecule has 0 aliphatic carbocycles. The topological polar surface area (TPSA) is 67.5 Å². The molecule has 3 aromatic rings. The Balaban J connectivity index is 1.51. The summed E-state index contributed by atoms with van der Waals surface area (Å²) < 4.78 is 11.3. The van der Waals surface area contributed by atoms with Gasteiger partial charge >= 0.3 is 6.09 Å². The second kappa shape index (κ2) is 8.35. The van der Waals surface area contributed by atoms with Gasteiger partial charge in [-0.15, -0.1) is 0 Å². The summed E-state index contributed by atoms with van der Waals surface area (Å²) in [5.74, 6) is 0. The van der Waals surface area contributed by atoms with Crippen molar-refractivity contribution < 1.29 is 14.3 Å². The minimum Gasteiger partial charge on any atom is -0.449 e. The Kier molecular flexibility index (Phi) is 5.40. The third-order valence-electron chi connectivity index (χ3n) is 6.55. The fourth-order valence-electron chi connectivity index (χ4n) is 4.58. The number of aryl methyl sites for hydroxylation is 1. The number of aromatic amines is 1. The number of fused-ring (bicyclic) bond motifs is 2. The van der Waals surface area contributed by atoms with Crippen molar-refractivity contribution in [1.82, 2.24) is 14.9 Å². The normalized spacial score (nSPS) is 18.0. The second-order valence-corrected chi connectivity index (χ2v) is 8.56. The van der Waals surface area contributed by atoms with Gasteiger partial charge in [-0.25, -0.2) is 9.78 Å². The second-order valence-electron chi connectivity index (χ2n) is 8.56. The molecular weight excluding hydrogens is 390 g/mol. The average Bonchev–Trinajstić information content (AvgIpc) is 3.13. The number of carbonyl (C=O) groups is 1. The van der Waals surface area contributed by atoms with Crippen molar-refractivity contribution >= 4 is 17.1 Å². The number of carbonyl (C=O) groups excluding carboxylic acids is 1. The maximum atomic E-state index is 12.6. The van der Waals surface area contributed by atoms with Crippen LogP contribution in [0.3, 0.4) is 0 Å². The van der Waals surface area contributed by atoms with Gasteiger partial charge in [-0.2, -0.15) is 0 Å². The first kappa shape index (κ1) is 20.1. The first-order chi connectivity index (χ1) is 15.2. The van der Waals surface area contributed by atoms with Gasteiger partial charge in [-0.05, 0) is 66.1 Å². The molecule has 0 saturated carbocycles. The van der Waals surface area contributed by atoms with E-state index in [0.29, 0.717) is 13.2 Å². The highest BCUT2D eigenvalue weighted by molar-refractivity contribution is 5.84. The Morgan fingerprint density at radius 2 is 2.23 bits per heavy atom. The van der Waals surface area contributed by atoms with Gasteiger partial charge in [0.25, 0.3) is 0 Å². The van der Waals surface area contributed by atoms with E-state index in [1.807, 2.05) is 17.3 Å². The lowest BCUT2D eigenvalue weighted by molar-refractivity contribution is 0.0448. The number of rotatable bonds is 5. The van der Waals surface area contributed by atoms with E-state index in [2.05, 4.69) is 42.0 Å². The Labute approximate surface area is 182 Å². The molecule has 6 nitrogen and oxygen atoms in total. The van der Waals surface area contributed by atoms with Crippen LogP contribution in [0, 0.1) is 6.92 Å². The number of nitrogens with one attached hydrogen (secondary N) is 1. The summed E-state index contributed by atoms with van der Waals surface area (Å²) in [6.07, 6.45) is 7.48. The molecule has 4 heterocycles. The van der Waals surface area contributed by atoms with Crippen LogP contribution in [0.5, 0.6) is 0 Å². The molecule has 1 fully saturated rings. The van der Waals surface area contributed by atoms with Gasteiger partial charge in [0.1, 0.15) is 5.65 Å². The van der Waals surface area contributed by atoms with Crippen molar-refractivity contribution in [2.45, 2.75) is 52.2 Å². The standard InChI is InChI=1S/C25H29N3O3/c1-3-4-8-31-25(29)28-7-5-23(28)21-11-18(10-17-6-9-30-15-22(17)21)19-12-20-16(2)13-26-24(20)27-14-19/h10-14,23H,3-9,15H2,1-2H3,(H,26,27). The van der Waals surface area contributed by atoms with Gasteiger partial charge < -0.3 is 19.4 Å². The van der Waals surface area contributed by atoms with Crippen molar-refractivity contribution in [2.75, 3.05) is 19.8 Å². The third kappa shape index (κ3) is 3.69. The molecule has 1 atom stereocenters. The highest BCUT2D eigenvalue weighted by Crippen LogP contribution is 2.40. The van der Waals surface area contributed by atoms with Gasteiger partial charge in [-0.1, -0.05) is 19.4 Å². The van der Waals surface area contributed by atoms with Crippen LogP contribution < -0.4 is 0 Å². The maximum absolute atomic E-state index is 12.6. The maximum Gasteiger partial charge on any atom is 0.410 e. The smallest absolute Gasteiger partial charge is 0.410 e. The highest BCUT2D eigenvalue weighted by atomic mass is 16.6. The lowest BCUT2D eigenvalue weighted by Crippen LogP contribution is -2.46. The lowest BCUT2D eigenvalue weighted by Gasteiger charge is -2.42. The Morgan fingerprint density at radius 1 is 1.32 bits per heavy atom. The van der Waals surface area contributed by atoms with Crippen molar-refractivity contribution in [1.29, 1.82) is 0 Å². The number of H-pyrrole nitrogens is 1. The summed E-state index contributed by atoms with van der Waals surface area (Å²) in [6, 6.07) is 6.76. The van der Waals surface area contributed by atoms with Crippen LogP contribution in [0.1, 0.15) is 54.5 Å². The minimum atomic E-state index is -0.202. The predicted molar refractivity (Wildman–Crippen MR) is 120 cm³/mol. The van der Waals surface area contributed by atoms with E-state index in [9.17, 15) is 4.79 Å². The van der Waals surface area contributed by atoms with Crippen molar-refractivity contribution in [2.24, 2.45) is 0 Å². The minimum absolute atomic E-state index is 0.0511. The molecule has 0 bridgehead atoms. The zero-order valence-corrected chi connectivity index (χ0v) is 18.2. The summed E-state index contributed by atoms with van der Waals surface area (Å²) >= 11 is 0. The summed E-state index contributed by atoms with van der Waals surface area (Å²) in [5, 5.41) is 1.14.